The monoisotopic (exact) mass is 310 g/mol. The molecule has 3 rings (SSSR count). The van der Waals surface area contributed by atoms with Crippen molar-refractivity contribution < 1.29 is 0 Å². The number of nitrogens with one attached hydrogen (secondary N) is 1. The van der Waals surface area contributed by atoms with Crippen LogP contribution in [0.1, 0.15) is 29.1 Å². The van der Waals surface area contributed by atoms with E-state index < -0.39 is 0 Å². The molecule has 1 N–H and O–H groups in total. The van der Waals surface area contributed by atoms with E-state index in [1.54, 1.807) is 0 Å². The Bertz CT molecular complexity index is 674. The van der Waals surface area contributed by atoms with E-state index in [2.05, 4.69) is 9.97 Å². The van der Waals surface area contributed by atoms with Crippen molar-refractivity contribution in [2.45, 2.75) is 25.7 Å². The Morgan fingerprint density at radius 1 is 1.21 bits per heavy atom. The van der Waals surface area contributed by atoms with Gasteiger partial charge in [-0.2, -0.15) is 0 Å². The summed E-state index contributed by atoms with van der Waals surface area (Å²) in [6.07, 6.45) is 3.80. The van der Waals surface area contributed by atoms with E-state index in [0.717, 1.165) is 30.7 Å². The van der Waals surface area contributed by atoms with Crippen LogP contribution < -0.4 is 0 Å². The van der Waals surface area contributed by atoms with Crippen molar-refractivity contribution in [3.63, 3.8) is 0 Å². The number of aromatic amines is 1. The number of rotatable bonds is 2. The molecular formula is C14H12Cl2N2S. The fourth-order valence-corrected chi connectivity index (χ4v) is 3.33. The van der Waals surface area contributed by atoms with Gasteiger partial charge in [-0.05, 0) is 37.0 Å². The van der Waals surface area contributed by atoms with Crippen LogP contribution in [0.15, 0.2) is 18.2 Å². The van der Waals surface area contributed by atoms with Crippen LogP contribution >= 0.6 is 35.4 Å². The molecule has 1 heterocycles. The first-order chi connectivity index (χ1) is 9.15. The van der Waals surface area contributed by atoms with Crippen LogP contribution in [0.2, 0.25) is 10.0 Å². The van der Waals surface area contributed by atoms with Crippen LogP contribution in [-0.2, 0) is 19.3 Å². The molecule has 1 aliphatic rings. The number of aromatic nitrogens is 2. The van der Waals surface area contributed by atoms with E-state index in [1.807, 2.05) is 18.2 Å². The van der Waals surface area contributed by atoms with Gasteiger partial charge in [-0.15, -0.1) is 0 Å². The zero-order valence-corrected chi connectivity index (χ0v) is 12.5. The smallest absolute Gasteiger partial charge is 0.133 e. The molecule has 0 amide bonds. The summed E-state index contributed by atoms with van der Waals surface area (Å²) in [5.41, 5.74) is 3.31. The van der Waals surface area contributed by atoms with Gasteiger partial charge in [-0.3, -0.25) is 0 Å². The van der Waals surface area contributed by atoms with Crippen LogP contribution in [-0.4, -0.2) is 9.97 Å². The van der Waals surface area contributed by atoms with Gasteiger partial charge in [0.1, 0.15) is 10.5 Å². The molecule has 1 aromatic heterocycles. The topological polar surface area (TPSA) is 28.7 Å². The van der Waals surface area contributed by atoms with E-state index in [0.29, 0.717) is 21.1 Å². The number of halogens is 2. The average Bonchev–Trinajstić information content (AvgIpc) is 2.83. The Hall–Kier alpha value is -0.900. The third-order valence-electron chi connectivity index (χ3n) is 3.41. The maximum Gasteiger partial charge on any atom is 0.133 e. The van der Waals surface area contributed by atoms with Crippen LogP contribution in [0.25, 0.3) is 0 Å². The number of fused-ring (bicyclic) bond motifs is 1. The number of benzene rings is 1. The first-order valence-electron chi connectivity index (χ1n) is 6.19. The number of hydrogen-bond donors (Lipinski definition) is 1. The van der Waals surface area contributed by atoms with Crippen molar-refractivity contribution in [1.82, 2.24) is 9.97 Å². The first kappa shape index (κ1) is 13.1. The quantitative estimate of drug-likeness (QED) is 0.826. The SMILES string of the molecule is S=c1nc(Cc2c(Cl)cccc2Cl)[nH]c2c1CCC2. The molecule has 0 radical (unpaired) electrons. The number of hydrogen-bond acceptors (Lipinski definition) is 2. The number of nitrogens with zero attached hydrogens (tertiary/aromatic N) is 1. The lowest BCUT2D eigenvalue weighted by Crippen LogP contribution is -2.02. The van der Waals surface area contributed by atoms with Crippen molar-refractivity contribution in [2.75, 3.05) is 0 Å². The molecule has 0 saturated carbocycles. The third kappa shape index (κ3) is 2.55. The van der Waals surface area contributed by atoms with Crippen molar-refractivity contribution in [2.24, 2.45) is 0 Å². The Labute approximate surface area is 126 Å². The van der Waals surface area contributed by atoms with Crippen molar-refractivity contribution in [3.8, 4) is 0 Å². The second kappa shape index (κ2) is 5.23. The lowest BCUT2D eigenvalue weighted by Gasteiger charge is -2.08. The predicted octanol–water partition coefficient (Wildman–Crippen LogP) is 4.53. The van der Waals surface area contributed by atoms with Crippen LogP contribution in [0.4, 0.5) is 0 Å². The molecule has 5 heteroatoms. The highest BCUT2D eigenvalue weighted by atomic mass is 35.5. The molecule has 98 valence electrons. The Balaban J connectivity index is 2.01. The highest BCUT2D eigenvalue weighted by molar-refractivity contribution is 7.71. The summed E-state index contributed by atoms with van der Waals surface area (Å²) in [6, 6.07) is 5.52. The Morgan fingerprint density at radius 2 is 1.95 bits per heavy atom. The summed E-state index contributed by atoms with van der Waals surface area (Å²) in [4.78, 5) is 7.84. The van der Waals surface area contributed by atoms with Gasteiger partial charge in [0.25, 0.3) is 0 Å². The zero-order chi connectivity index (χ0) is 13.4. The summed E-state index contributed by atoms with van der Waals surface area (Å²) in [5.74, 6) is 0.834. The molecular weight excluding hydrogens is 299 g/mol. The summed E-state index contributed by atoms with van der Waals surface area (Å²) < 4.78 is 0.712. The minimum atomic E-state index is 0.579. The first-order valence-corrected chi connectivity index (χ1v) is 7.35. The van der Waals surface area contributed by atoms with E-state index in [9.17, 15) is 0 Å². The maximum atomic E-state index is 6.18. The molecule has 1 aromatic carbocycles. The molecule has 0 unspecified atom stereocenters. The zero-order valence-electron chi connectivity index (χ0n) is 10.2. The van der Waals surface area contributed by atoms with Crippen molar-refractivity contribution in [1.29, 1.82) is 0 Å². The molecule has 1 aliphatic carbocycles. The molecule has 19 heavy (non-hydrogen) atoms. The van der Waals surface area contributed by atoms with Gasteiger partial charge >= 0.3 is 0 Å². The fourth-order valence-electron chi connectivity index (χ4n) is 2.46. The highest BCUT2D eigenvalue weighted by Gasteiger charge is 2.16. The molecule has 2 aromatic rings. The average molecular weight is 311 g/mol. The number of aryl methyl sites for hydroxylation is 1. The summed E-state index contributed by atoms with van der Waals surface area (Å²) in [6.45, 7) is 0. The Morgan fingerprint density at radius 3 is 2.68 bits per heavy atom. The second-order valence-corrected chi connectivity index (χ2v) is 5.88. The van der Waals surface area contributed by atoms with Crippen LogP contribution in [0, 0.1) is 4.64 Å². The summed E-state index contributed by atoms with van der Waals surface area (Å²) in [7, 11) is 0. The number of H-pyrrole nitrogens is 1. The van der Waals surface area contributed by atoms with Gasteiger partial charge in [0.2, 0.25) is 0 Å². The molecule has 0 saturated heterocycles. The molecule has 2 nitrogen and oxygen atoms in total. The van der Waals surface area contributed by atoms with Crippen LogP contribution in [0.3, 0.4) is 0 Å². The van der Waals surface area contributed by atoms with Gasteiger partial charge in [0, 0.05) is 27.7 Å². The van der Waals surface area contributed by atoms with Gasteiger partial charge in [-0.25, -0.2) is 4.98 Å². The molecule has 0 atom stereocenters. The van der Waals surface area contributed by atoms with Crippen molar-refractivity contribution in [3.05, 3.63) is 55.5 Å². The highest BCUT2D eigenvalue weighted by Crippen LogP contribution is 2.27. The van der Waals surface area contributed by atoms with E-state index in [-0.39, 0.29) is 0 Å². The Kier molecular flexibility index (Phi) is 3.61. The standard InChI is InChI=1S/C14H12Cl2N2S/c15-10-4-2-5-11(16)9(10)7-13-17-12-6-1-3-8(12)14(19)18-13/h2,4-5H,1,3,6-7H2,(H,17,18,19). The summed E-state index contributed by atoms with van der Waals surface area (Å²) >= 11 is 17.7. The lowest BCUT2D eigenvalue weighted by atomic mass is 10.1. The molecule has 0 fully saturated rings. The van der Waals surface area contributed by atoms with Crippen LogP contribution in [0.5, 0.6) is 0 Å². The lowest BCUT2D eigenvalue weighted by molar-refractivity contribution is 0.885. The van der Waals surface area contributed by atoms with E-state index in [4.69, 9.17) is 35.4 Å². The second-order valence-electron chi connectivity index (χ2n) is 4.68. The largest absolute Gasteiger partial charge is 0.347 e. The predicted molar refractivity (Wildman–Crippen MR) is 80.7 cm³/mol. The fraction of sp³-hybridized carbons (Fsp3) is 0.286. The van der Waals surface area contributed by atoms with E-state index in [1.165, 1.54) is 11.3 Å². The molecule has 0 aliphatic heterocycles. The van der Waals surface area contributed by atoms with Gasteiger partial charge in [-0.1, -0.05) is 41.5 Å². The van der Waals surface area contributed by atoms with E-state index >= 15 is 0 Å². The minimum Gasteiger partial charge on any atom is -0.347 e. The van der Waals surface area contributed by atoms with Gasteiger partial charge in [0.05, 0.1) is 0 Å². The molecule has 0 bridgehead atoms. The summed E-state index contributed by atoms with van der Waals surface area (Å²) in [5, 5.41) is 1.32. The van der Waals surface area contributed by atoms with Gasteiger partial charge in [0.15, 0.2) is 0 Å². The minimum absolute atomic E-state index is 0.579. The maximum absolute atomic E-state index is 6.18. The molecule has 0 spiro atoms. The van der Waals surface area contributed by atoms with Crippen molar-refractivity contribution >= 4 is 35.4 Å². The third-order valence-corrected chi connectivity index (χ3v) is 4.46. The van der Waals surface area contributed by atoms with Gasteiger partial charge < -0.3 is 4.98 Å². The normalized spacial score (nSPS) is 13.6.